The molecule has 0 aromatic carbocycles. The summed E-state index contributed by atoms with van der Waals surface area (Å²) >= 11 is 0. The molecule has 6 heteroatoms. The topological polar surface area (TPSA) is 76.1 Å². The van der Waals surface area contributed by atoms with Crippen LogP contribution in [0.25, 0.3) is 0 Å². The summed E-state index contributed by atoms with van der Waals surface area (Å²) in [6.45, 7) is 3.59. The van der Waals surface area contributed by atoms with Crippen molar-refractivity contribution in [2.75, 3.05) is 26.3 Å². The van der Waals surface area contributed by atoms with Gasteiger partial charge in [0.1, 0.15) is 6.54 Å². The van der Waals surface area contributed by atoms with Crippen LogP contribution >= 0.6 is 0 Å². The highest BCUT2D eigenvalue weighted by atomic mass is 16.7. The van der Waals surface area contributed by atoms with E-state index in [1.54, 1.807) is 13.8 Å². The molecule has 0 aromatic rings. The predicted molar refractivity (Wildman–Crippen MR) is 47.5 cm³/mol. The first-order chi connectivity index (χ1) is 6.60. The first-order valence-corrected chi connectivity index (χ1v) is 4.35. The Morgan fingerprint density at radius 3 is 2.43 bits per heavy atom. The average molecular weight is 205 g/mol. The number of hydrogen-bond acceptors (Lipinski definition) is 5. The van der Waals surface area contributed by atoms with E-state index in [2.05, 4.69) is 4.74 Å². The fourth-order valence-corrected chi connectivity index (χ4v) is 0.746. The van der Waals surface area contributed by atoms with Gasteiger partial charge in [-0.05, 0) is 6.92 Å². The van der Waals surface area contributed by atoms with E-state index in [-0.39, 0.29) is 19.8 Å². The van der Waals surface area contributed by atoms with Gasteiger partial charge in [0.2, 0.25) is 0 Å². The third kappa shape index (κ3) is 6.38. The second-order valence-electron chi connectivity index (χ2n) is 2.43. The number of rotatable bonds is 7. The highest BCUT2D eigenvalue weighted by Crippen LogP contribution is 1.91. The summed E-state index contributed by atoms with van der Waals surface area (Å²) < 4.78 is 4.60. The predicted octanol–water partition coefficient (Wildman–Crippen LogP) is -0.112. The molecule has 0 radical (unpaired) electrons. The number of nitrogens with zero attached hydrogens (tertiary/aromatic N) is 1. The standard InChI is InChI=1S/C8H15NO5/c1-3-9(5-7(10)11)14-6-8(12)13-4-2/h3-6H2,1-2H3,(H,10,11). The summed E-state index contributed by atoms with van der Waals surface area (Å²) in [6, 6.07) is 0. The van der Waals surface area contributed by atoms with Crippen molar-refractivity contribution in [3.63, 3.8) is 0 Å². The lowest BCUT2D eigenvalue weighted by atomic mass is 10.6. The minimum atomic E-state index is -1.00. The van der Waals surface area contributed by atoms with Crippen molar-refractivity contribution in [2.24, 2.45) is 0 Å². The van der Waals surface area contributed by atoms with E-state index in [1.165, 1.54) is 5.06 Å². The summed E-state index contributed by atoms with van der Waals surface area (Å²) in [5.74, 6) is -1.51. The van der Waals surface area contributed by atoms with Crippen molar-refractivity contribution in [2.45, 2.75) is 13.8 Å². The van der Waals surface area contributed by atoms with Crippen LogP contribution in [0.2, 0.25) is 0 Å². The normalized spacial score (nSPS) is 10.2. The third-order valence-electron chi connectivity index (χ3n) is 1.33. The zero-order chi connectivity index (χ0) is 11.0. The lowest BCUT2D eigenvalue weighted by molar-refractivity contribution is -0.189. The molecule has 0 aromatic heterocycles. The number of hydrogen-bond donors (Lipinski definition) is 1. The van der Waals surface area contributed by atoms with E-state index in [1.807, 2.05) is 0 Å². The van der Waals surface area contributed by atoms with E-state index in [4.69, 9.17) is 9.94 Å². The molecule has 0 saturated heterocycles. The zero-order valence-electron chi connectivity index (χ0n) is 8.36. The lowest BCUT2D eigenvalue weighted by Crippen LogP contribution is -2.32. The van der Waals surface area contributed by atoms with Gasteiger partial charge in [0.05, 0.1) is 6.61 Å². The smallest absolute Gasteiger partial charge is 0.334 e. The molecule has 0 saturated carbocycles. The Hall–Kier alpha value is -1.14. The van der Waals surface area contributed by atoms with Crippen LogP contribution in [0.4, 0.5) is 0 Å². The quantitative estimate of drug-likeness (QED) is 0.461. The van der Waals surface area contributed by atoms with Gasteiger partial charge in [-0.1, -0.05) is 6.92 Å². The molecule has 0 spiro atoms. The maximum absolute atomic E-state index is 10.8. The van der Waals surface area contributed by atoms with Crippen molar-refractivity contribution in [1.82, 2.24) is 5.06 Å². The van der Waals surface area contributed by atoms with Gasteiger partial charge in [-0.2, -0.15) is 5.06 Å². The Labute approximate surface area is 82.4 Å². The molecule has 0 atom stereocenters. The van der Waals surface area contributed by atoms with E-state index in [0.29, 0.717) is 6.54 Å². The Morgan fingerprint density at radius 1 is 1.36 bits per heavy atom. The van der Waals surface area contributed by atoms with E-state index >= 15 is 0 Å². The van der Waals surface area contributed by atoms with Gasteiger partial charge in [-0.3, -0.25) is 9.63 Å². The fourth-order valence-electron chi connectivity index (χ4n) is 0.746. The second-order valence-corrected chi connectivity index (χ2v) is 2.43. The van der Waals surface area contributed by atoms with Crippen LogP contribution in [0.5, 0.6) is 0 Å². The SMILES string of the molecule is CCOC(=O)CON(CC)CC(=O)O. The molecule has 6 nitrogen and oxygen atoms in total. The van der Waals surface area contributed by atoms with Gasteiger partial charge in [-0.15, -0.1) is 0 Å². The molecule has 14 heavy (non-hydrogen) atoms. The first kappa shape index (κ1) is 12.9. The molecule has 0 heterocycles. The van der Waals surface area contributed by atoms with E-state index in [0.717, 1.165) is 0 Å². The monoisotopic (exact) mass is 205 g/mol. The fraction of sp³-hybridized carbons (Fsp3) is 0.750. The van der Waals surface area contributed by atoms with Crippen molar-refractivity contribution >= 4 is 11.9 Å². The number of likely N-dealkylation sites (N-methyl/N-ethyl adjacent to an activating group) is 1. The molecule has 0 aliphatic carbocycles. The van der Waals surface area contributed by atoms with Gasteiger partial charge in [0.25, 0.3) is 0 Å². The first-order valence-electron chi connectivity index (χ1n) is 4.35. The largest absolute Gasteiger partial charge is 0.480 e. The maximum Gasteiger partial charge on any atom is 0.334 e. The van der Waals surface area contributed by atoms with Crippen LogP contribution in [0.1, 0.15) is 13.8 Å². The van der Waals surface area contributed by atoms with Crippen LogP contribution in [-0.2, 0) is 19.2 Å². The molecule has 0 aliphatic heterocycles. The molecule has 0 unspecified atom stereocenters. The Bertz CT molecular complexity index is 194. The number of esters is 1. The number of carbonyl (C=O) groups is 2. The summed E-state index contributed by atoms with van der Waals surface area (Å²) in [6.07, 6.45) is 0. The highest BCUT2D eigenvalue weighted by Gasteiger charge is 2.10. The third-order valence-corrected chi connectivity index (χ3v) is 1.33. The van der Waals surface area contributed by atoms with Crippen LogP contribution in [0, 0.1) is 0 Å². The summed E-state index contributed by atoms with van der Waals surface area (Å²) in [5.41, 5.74) is 0. The number of carboxylic acids is 1. The van der Waals surface area contributed by atoms with Crippen LogP contribution in [0.3, 0.4) is 0 Å². The van der Waals surface area contributed by atoms with Crippen LogP contribution in [-0.4, -0.2) is 48.4 Å². The average Bonchev–Trinajstić information content (AvgIpc) is 2.12. The van der Waals surface area contributed by atoms with E-state index in [9.17, 15) is 9.59 Å². The van der Waals surface area contributed by atoms with Crippen molar-refractivity contribution in [3.05, 3.63) is 0 Å². The summed E-state index contributed by atoms with van der Waals surface area (Å²) in [4.78, 5) is 26.0. The van der Waals surface area contributed by atoms with Crippen LogP contribution < -0.4 is 0 Å². The highest BCUT2D eigenvalue weighted by molar-refractivity contribution is 5.71. The Kier molecular flexibility index (Phi) is 6.69. The molecule has 0 amide bonds. The van der Waals surface area contributed by atoms with Crippen molar-refractivity contribution < 1.29 is 24.3 Å². The van der Waals surface area contributed by atoms with Crippen LogP contribution in [0.15, 0.2) is 0 Å². The lowest BCUT2D eigenvalue weighted by Gasteiger charge is -2.16. The molecular formula is C8H15NO5. The van der Waals surface area contributed by atoms with E-state index < -0.39 is 11.9 Å². The van der Waals surface area contributed by atoms with Gasteiger partial charge in [-0.25, -0.2) is 4.79 Å². The number of ether oxygens (including phenoxy) is 1. The summed E-state index contributed by atoms with van der Waals surface area (Å²) in [7, 11) is 0. The number of carbonyl (C=O) groups excluding carboxylic acids is 1. The molecule has 82 valence electrons. The second kappa shape index (κ2) is 7.28. The Balaban J connectivity index is 3.71. The van der Waals surface area contributed by atoms with Crippen molar-refractivity contribution in [1.29, 1.82) is 0 Å². The number of hydroxylamine groups is 2. The van der Waals surface area contributed by atoms with Crippen molar-refractivity contribution in [3.8, 4) is 0 Å². The minimum absolute atomic E-state index is 0.254. The maximum atomic E-state index is 10.8. The minimum Gasteiger partial charge on any atom is -0.480 e. The molecule has 0 aliphatic rings. The molecule has 1 N–H and O–H groups in total. The molecular weight excluding hydrogens is 190 g/mol. The molecule has 0 fully saturated rings. The molecule has 0 rings (SSSR count). The van der Waals surface area contributed by atoms with Gasteiger partial charge in [0, 0.05) is 6.54 Å². The molecule has 0 bridgehead atoms. The van der Waals surface area contributed by atoms with Gasteiger partial charge >= 0.3 is 11.9 Å². The number of carboxylic acid groups (broad SMARTS) is 1. The summed E-state index contributed by atoms with van der Waals surface area (Å²) in [5, 5.41) is 9.63. The van der Waals surface area contributed by atoms with Gasteiger partial charge in [0.15, 0.2) is 6.61 Å². The zero-order valence-corrected chi connectivity index (χ0v) is 8.36. The Morgan fingerprint density at radius 2 is 2.00 bits per heavy atom. The number of aliphatic carboxylic acids is 1. The van der Waals surface area contributed by atoms with Gasteiger partial charge < -0.3 is 9.84 Å².